The van der Waals surface area contributed by atoms with Gasteiger partial charge in [-0.25, -0.2) is 14.3 Å². The molecule has 1 atom stereocenters. The number of nitrogens with one attached hydrogen (secondary N) is 2. The van der Waals surface area contributed by atoms with Crippen LogP contribution in [-0.2, 0) is 9.53 Å². The molecule has 0 aliphatic carbocycles. The van der Waals surface area contributed by atoms with Crippen LogP contribution in [0.4, 0.5) is 4.79 Å². The second-order valence-electron chi connectivity index (χ2n) is 7.63. The van der Waals surface area contributed by atoms with E-state index in [1.54, 1.807) is 11.6 Å². The quantitative estimate of drug-likeness (QED) is 0.388. The van der Waals surface area contributed by atoms with Crippen molar-refractivity contribution in [2.24, 2.45) is 0 Å². The maximum Gasteiger partial charge on any atom is 0.338 e. The average Bonchev–Trinajstić information content (AvgIpc) is 3.29. The Kier molecular flexibility index (Phi) is 6.77. The van der Waals surface area contributed by atoms with Gasteiger partial charge in [0, 0.05) is 23.0 Å². The number of para-hydroxylation sites is 1. The normalized spacial score (nSPS) is 15.4. The molecule has 0 bridgehead atoms. The molecule has 1 unspecified atom stereocenters. The Morgan fingerprint density at radius 3 is 2.59 bits per heavy atom. The van der Waals surface area contributed by atoms with E-state index in [2.05, 4.69) is 17.2 Å². The summed E-state index contributed by atoms with van der Waals surface area (Å²) in [5.74, 6) is 0.204. The zero-order valence-electron chi connectivity index (χ0n) is 19.1. The largest absolute Gasteiger partial charge is 0.494 e. The maximum atomic E-state index is 12.9. The van der Waals surface area contributed by atoms with Gasteiger partial charge in [-0.15, -0.1) is 0 Å². The van der Waals surface area contributed by atoms with Crippen LogP contribution in [0, 0.1) is 0 Å². The molecule has 4 rings (SSSR count). The van der Waals surface area contributed by atoms with Gasteiger partial charge in [0.15, 0.2) is 0 Å². The summed E-state index contributed by atoms with van der Waals surface area (Å²) in [6.07, 6.45) is 3.32. The average molecular weight is 459 g/mol. The molecule has 2 aromatic carbocycles. The summed E-state index contributed by atoms with van der Waals surface area (Å²) < 4.78 is 12.6. The molecule has 1 aromatic heterocycles. The van der Waals surface area contributed by atoms with Gasteiger partial charge in [-0.1, -0.05) is 30.9 Å². The molecule has 2 N–H and O–H groups in total. The summed E-state index contributed by atoms with van der Waals surface area (Å²) in [6, 6.07) is 16.0. The van der Waals surface area contributed by atoms with Crippen molar-refractivity contribution in [3.8, 4) is 22.7 Å². The number of carbonyl (C=O) groups excluding carboxylic acids is 2. The van der Waals surface area contributed by atoms with E-state index in [9.17, 15) is 9.59 Å². The van der Waals surface area contributed by atoms with Crippen LogP contribution in [0.1, 0.15) is 25.5 Å². The van der Waals surface area contributed by atoms with E-state index >= 15 is 0 Å². The highest BCUT2D eigenvalue weighted by molar-refractivity contribution is 5.95. The van der Waals surface area contributed by atoms with Gasteiger partial charge in [-0.2, -0.15) is 5.10 Å². The summed E-state index contributed by atoms with van der Waals surface area (Å²) in [4.78, 5) is 25.3. The molecule has 3 aromatic rings. The molecule has 1 aliphatic heterocycles. The standard InChI is InChI=1S/C26H26N4O4/c1-4-15-34-25(31)22-17(3)27-26(32)28-24(22)21-16-30(19-9-7-6-8-10-19)29-23(21)18-11-13-20(14-12-18)33-5-2/h4,6-14,16,24H,1,5,15H2,2-3H3,(H2,27,28,32). The zero-order chi connectivity index (χ0) is 24.1. The highest BCUT2D eigenvalue weighted by Gasteiger charge is 2.35. The summed E-state index contributed by atoms with van der Waals surface area (Å²) in [6.45, 7) is 7.82. The number of urea groups is 1. The molecular formula is C26H26N4O4. The second-order valence-corrected chi connectivity index (χ2v) is 7.63. The SMILES string of the molecule is C=CCOC(=O)C1=C(C)NC(=O)NC1c1cn(-c2ccccc2)nc1-c1ccc(OCC)cc1. The number of amides is 2. The molecule has 0 saturated heterocycles. The van der Waals surface area contributed by atoms with Gasteiger partial charge in [-0.05, 0) is 50.2 Å². The van der Waals surface area contributed by atoms with Crippen molar-refractivity contribution >= 4 is 12.0 Å². The van der Waals surface area contributed by atoms with Crippen molar-refractivity contribution < 1.29 is 19.1 Å². The van der Waals surface area contributed by atoms with Gasteiger partial charge in [0.25, 0.3) is 0 Å². The van der Waals surface area contributed by atoms with Crippen LogP contribution in [0.15, 0.2) is 84.7 Å². The third kappa shape index (κ3) is 4.71. The molecular weight excluding hydrogens is 432 g/mol. The summed E-state index contributed by atoms with van der Waals surface area (Å²) in [7, 11) is 0. The highest BCUT2D eigenvalue weighted by atomic mass is 16.5. The van der Waals surface area contributed by atoms with Gasteiger partial charge < -0.3 is 20.1 Å². The van der Waals surface area contributed by atoms with E-state index in [4.69, 9.17) is 14.6 Å². The van der Waals surface area contributed by atoms with Crippen molar-refractivity contribution in [1.29, 1.82) is 0 Å². The van der Waals surface area contributed by atoms with E-state index in [0.717, 1.165) is 17.0 Å². The van der Waals surface area contributed by atoms with Crippen LogP contribution in [0.25, 0.3) is 16.9 Å². The first-order chi connectivity index (χ1) is 16.5. The van der Waals surface area contributed by atoms with Crippen LogP contribution in [0.5, 0.6) is 5.75 Å². The minimum atomic E-state index is -0.759. The van der Waals surface area contributed by atoms with Crippen LogP contribution >= 0.6 is 0 Å². The monoisotopic (exact) mass is 458 g/mol. The summed E-state index contributed by atoms with van der Waals surface area (Å²) >= 11 is 0. The third-order valence-corrected chi connectivity index (χ3v) is 5.33. The molecule has 34 heavy (non-hydrogen) atoms. The number of benzene rings is 2. The Hall–Kier alpha value is -4.33. The number of rotatable bonds is 8. The Bertz CT molecular complexity index is 1230. The molecule has 2 amide bonds. The smallest absolute Gasteiger partial charge is 0.338 e. The predicted molar refractivity (Wildman–Crippen MR) is 128 cm³/mol. The fraction of sp³-hybridized carbons (Fsp3) is 0.192. The lowest BCUT2D eigenvalue weighted by atomic mass is 9.94. The van der Waals surface area contributed by atoms with E-state index in [1.165, 1.54) is 6.08 Å². The maximum absolute atomic E-state index is 12.9. The van der Waals surface area contributed by atoms with Gasteiger partial charge in [-0.3, -0.25) is 0 Å². The van der Waals surface area contributed by atoms with E-state index in [-0.39, 0.29) is 6.61 Å². The summed E-state index contributed by atoms with van der Waals surface area (Å²) in [5.41, 5.74) is 3.68. The second kappa shape index (κ2) is 10.1. The van der Waals surface area contributed by atoms with Gasteiger partial charge in [0.2, 0.25) is 0 Å². The van der Waals surface area contributed by atoms with Gasteiger partial charge in [0.1, 0.15) is 12.4 Å². The molecule has 8 nitrogen and oxygen atoms in total. The first-order valence-corrected chi connectivity index (χ1v) is 11.0. The van der Waals surface area contributed by atoms with Crippen LogP contribution < -0.4 is 15.4 Å². The molecule has 0 radical (unpaired) electrons. The molecule has 0 fully saturated rings. The minimum absolute atomic E-state index is 0.0608. The molecule has 0 saturated carbocycles. The number of nitrogens with zero attached hydrogens (tertiary/aromatic N) is 2. The Balaban J connectivity index is 1.85. The molecule has 1 aliphatic rings. The van der Waals surface area contributed by atoms with E-state index < -0.39 is 18.0 Å². The number of ether oxygens (including phenoxy) is 2. The first kappa shape index (κ1) is 22.8. The number of carbonyl (C=O) groups is 2. The Morgan fingerprint density at radius 2 is 1.91 bits per heavy atom. The fourth-order valence-electron chi connectivity index (χ4n) is 3.82. The van der Waals surface area contributed by atoms with E-state index in [0.29, 0.717) is 29.1 Å². The Labute approximate surface area is 197 Å². The number of esters is 1. The zero-order valence-corrected chi connectivity index (χ0v) is 19.1. The number of hydrogen-bond donors (Lipinski definition) is 2. The third-order valence-electron chi connectivity index (χ3n) is 5.33. The predicted octanol–water partition coefficient (Wildman–Crippen LogP) is 4.30. The lowest BCUT2D eigenvalue weighted by molar-refractivity contribution is -0.138. The van der Waals surface area contributed by atoms with Crippen LogP contribution in [-0.4, -0.2) is 35.0 Å². The Morgan fingerprint density at radius 1 is 1.18 bits per heavy atom. The number of hydrogen-bond acceptors (Lipinski definition) is 5. The molecule has 8 heteroatoms. The number of aromatic nitrogens is 2. The number of allylic oxidation sites excluding steroid dienone is 1. The van der Waals surface area contributed by atoms with Crippen molar-refractivity contribution in [3.05, 3.63) is 90.3 Å². The molecule has 2 heterocycles. The van der Waals surface area contributed by atoms with Crippen molar-refractivity contribution in [3.63, 3.8) is 0 Å². The van der Waals surface area contributed by atoms with Crippen LogP contribution in [0.3, 0.4) is 0 Å². The van der Waals surface area contributed by atoms with Crippen molar-refractivity contribution in [1.82, 2.24) is 20.4 Å². The lowest BCUT2D eigenvalue weighted by Gasteiger charge is -2.27. The van der Waals surface area contributed by atoms with E-state index in [1.807, 2.05) is 67.7 Å². The molecule has 174 valence electrons. The topological polar surface area (TPSA) is 94.5 Å². The first-order valence-electron chi connectivity index (χ1n) is 11.0. The van der Waals surface area contributed by atoms with Gasteiger partial charge >= 0.3 is 12.0 Å². The van der Waals surface area contributed by atoms with Gasteiger partial charge in [0.05, 0.1) is 29.6 Å². The fourth-order valence-corrected chi connectivity index (χ4v) is 3.82. The molecule has 0 spiro atoms. The summed E-state index contributed by atoms with van der Waals surface area (Å²) in [5, 5.41) is 10.4. The van der Waals surface area contributed by atoms with Crippen LogP contribution in [0.2, 0.25) is 0 Å². The van der Waals surface area contributed by atoms with Crippen molar-refractivity contribution in [2.75, 3.05) is 13.2 Å². The highest BCUT2D eigenvalue weighted by Crippen LogP contribution is 2.35. The van der Waals surface area contributed by atoms with Crippen molar-refractivity contribution in [2.45, 2.75) is 19.9 Å². The minimum Gasteiger partial charge on any atom is -0.494 e. The lowest BCUT2D eigenvalue weighted by Crippen LogP contribution is -2.45.